The van der Waals surface area contributed by atoms with Gasteiger partial charge < -0.3 is 15.1 Å². The van der Waals surface area contributed by atoms with Gasteiger partial charge in [0.1, 0.15) is 5.76 Å². The molecule has 3 rings (SSSR count). The summed E-state index contributed by atoms with van der Waals surface area (Å²) in [5.74, 6) is 1.13. The number of likely N-dealkylation sites (N-methyl/N-ethyl adjacent to an activating group) is 1. The minimum absolute atomic E-state index is 0.0401. The lowest BCUT2D eigenvalue weighted by Gasteiger charge is -2.09. The molecule has 3 aromatic rings. The Balaban J connectivity index is 1.71. The van der Waals surface area contributed by atoms with E-state index < -0.39 is 0 Å². The molecule has 0 saturated carbocycles. The summed E-state index contributed by atoms with van der Waals surface area (Å²) >= 11 is 1.26. The molecule has 0 atom stereocenters. The molecular weight excluding hydrogens is 378 g/mol. The maximum Gasteiger partial charge on any atom is 0.239 e. The minimum atomic E-state index is -0.245. The summed E-state index contributed by atoms with van der Waals surface area (Å²) in [7, 11) is 0. The number of benzene rings is 1. The lowest BCUT2D eigenvalue weighted by molar-refractivity contribution is -0.124. The van der Waals surface area contributed by atoms with E-state index >= 15 is 0 Å². The Hall–Kier alpha value is -3.07. The Morgan fingerprint density at radius 2 is 1.89 bits per heavy atom. The van der Waals surface area contributed by atoms with Crippen LogP contribution in [0.2, 0.25) is 0 Å². The molecule has 0 saturated heterocycles. The highest BCUT2D eigenvalue weighted by Crippen LogP contribution is 2.25. The van der Waals surface area contributed by atoms with Crippen LogP contribution in [-0.2, 0) is 16.1 Å². The quantitative estimate of drug-likeness (QED) is 0.533. The molecule has 0 fully saturated rings. The second-order valence-corrected chi connectivity index (χ2v) is 6.80. The van der Waals surface area contributed by atoms with Crippen LogP contribution in [0.25, 0.3) is 11.4 Å². The van der Waals surface area contributed by atoms with Gasteiger partial charge >= 0.3 is 0 Å². The molecule has 2 amide bonds. The van der Waals surface area contributed by atoms with Crippen molar-refractivity contribution in [3.05, 3.63) is 54.5 Å². The summed E-state index contributed by atoms with van der Waals surface area (Å²) in [6.07, 6.45) is 1.61. The van der Waals surface area contributed by atoms with E-state index in [4.69, 9.17) is 4.42 Å². The molecule has 0 unspecified atom stereocenters. The first kappa shape index (κ1) is 19.7. The van der Waals surface area contributed by atoms with Gasteiger partial charge in [0.15, 0.2) is 11.0 Å². The second-order valence-electron chi connectivity index (χ2n) is 5.86. The number of carbonyl (C=O) groups excluding carboxylic acids is 2. The Morgan fingerprint density at radius 1 is 1.07 bits per heavy atom. The SMILES string of the molecule is CCNC(=O)CNC(=O)CSc1nnc(-c2ccccc2)n1Cc1ccco1. The number of amides is 2. The van der Waals surface area contributed by atoms with Crippen molar-refractivity contribution >= 4 is 23.6 Å². The summed E-state index contributed by atoms with van der Waals surface area (Å²) in [6, 6.07) is 13.4. The molecule has 8 nitrogen and oxygen atoms in total. The van der Waals surface area contributed by atoms with Crippen LogP contribution in [0.4, 0.5) is 0 Å². The number of hydrogen-bond donors (Lipinski definition) is 2. The molecule has 9 heteroatoms. The number of aromatic nitrogens is 3. The fourth-order valence-corrected chi connectivity index (χ4v) is 3.28. The van der Waals surface area contributed by atoms with Gasteiger partial charge in [0.05, 0.1) is 25.1 Å². The van der Waals surface area contributed by atoms with Gasteiger partial charge in [-0.25, -0.2) is 0 Å². The summed E-state index contributed by atoms with van der Waals surface area (Å²) in [5.41, 5.74) is 0.925. The van der Waals surface area contributed by atoms with Crippen LogP contribution in [0.5, 0.6) is 0 Å². The predicted octanol–water partition coefficient (Wildman–Crippen LogP) is 1.93. The monoisotopic (exact) mass is 399 g/mol. The number of hydrogen-bond acceptors (Lipinski definition) is 6. The van der Waals surface area contributed by atoms with E-state index in [2.05, 4.69) is 20.8 Å². The van der Waals surface area contributed by atoms with Crippen molar-refractivity contribution in [1.29, 1.82) is 0 Å². The molecule has 28 heavy (non-hydrogen) atoms. The Bertz CT molecular complexity index is 909. The lowest BCUT2D eigenvalue weighted by Crippen LogP contribution is -2.37. The fraction of sp³-hybridized carbons (Fsp3) is 0.263. The molecule has 0 bridgehead atoms. The van der Waals surface area contributed by atoms with E-state index in [0.717, 1.165) is 11.3 Å². The van der Waals surface area contributed by atoms with Crippen molar-refractivity contribution in [3.63, 3.8) is 0 Å². The molecule has 2 N–H and O–H groups in total. The summed E-state index contributed by atoms with van der Waals surface area (Å²) in [4.78, 5) is 23.5. The zero-order chi connectivity index (χ0) is 19.8. The Labute approximate surface area is 166 Å². The first-order valence-electron chi connectivity index (χ1n) is 8.84. The predicted molar refractivity (Wildman–Crippen MR) is 106 cm³/mol. The van der Waals surface area contributed by atoms with Gasteiger partial charge in [0.2, 0.25) is 11.8 Å². The lowest BCUT2D eigenvalue weighted by atomic mass is 10.2. The normalized spacial score (nSPS) is 10.6. The zero-order valence-electron chi connectivity index (χ0n) is 15.4. The first-order valence-corrected chi connectivity index (χ1v) is 9.83. The summed E-state index contributed by atoms with van der Waals surface area (Å²) in [5, 5.41) is 14.4. The molecule has 1 aromatic carbocycles. The molecule has 0 aliphatic rings. The number of rotatable bonds is 9. The molecule has 0 spiro atoms. The van der Waals surface area contributed by atoms with E-state index in [9.17, 15) is 9.59 Å². The third kappa shape index (κ3) is 5.23. The van der Waals surface area contributed by atoms with Crippen molar-refractivity contribution in [2.75, 3.05) is 18.8 Å². The van der Waals surface area contributed by atoms with E-state index in [1.54, 1.807) is 6.26 Å². The summed E-state index contributed by atoms with van der Waals surface area (Å²) < 4.78 is 7.37. The van der Waals surface area contributed by atoms with Crippen LogP contribution in [0, 0.1) is 0 Å². The topological polar surface area (TPSA) is 102 Å². The summed E-state index contributed by atoms with van der Waals surface area (Å²) in [6.45, 7) is 2.77. The van der Waals surface area contributed by atoms with E-state index in [-0.39, 0.29) is 24.1 Å². The number of nitrogens with one attached hydrogen (secondary N) is 2. The molecule has 0 aliphatic heterocycles. The van der Waals surface area contributed by atoms with Crippen LogP contribution in [-0.4, -0.2) is 45.4 Å². The van der Waals surface area contributed by atoms with E-state index in [1.807, 2.05) is 54.0 Å². The highest BCUT2D eigenvalue weighted by Gasteiger charge is 2.17. The van der Waals surface area contributed by atoms with Gasteiger partial charge in [-0.2, -0.15) is 0 Å². The number of nitrogens with zero attached hydrogens (tertiary/aromatic N) is 3. The highest BCUT2D eigenvalue weighted by molar-refractivity contribution is 7.99. The van der Waals surface area contributed by atoms with Crippen LogP contribution in [0.3, 0.4) is 0 Å². The van der Waals surface area contributed by atoms with Crippen LogP contribution >= 0.6 is 11.8 Å². The van der Waals surface area contributed by atoms with E-state index in [1.165, 1.54) is 11.8 Å². The maximum absolute atomic E-state index is 12.0. The minimum Gasteiger partial charge on any atom is -0.467 e. The molecule has 2 aromatic heterocycles. The average Bonchev–Trinajstić information content (AvgIpc) is 3.36. The number of thioether (sulfide) groups is 1. The van der Waals surface area contributed by atoms with Crippen molar-refractivity contribution < 1.29 is 14.0 Å². The van der Waals surface area contributed by atoms with Gasteiger partial charge in [-0.1, -0.05) is 42.1 Å². The maximum atomic E-state index is 12.0. The smallest absolute Gasteiger partial charge is 0.239 e. The van der Waals surface area contributed by atoms with Gasteiger partial charge in [-0.05, 0) is 19.1 Å². The van der Waals surface area contributed by atoms with Crippen molar-refractivity contribution in [2.45, 2.75) is 18.6 Å². The average molecular weight is 399 g/mol. The molecule has 0 aliphatic carbocycles. The Morgan fingerprint density at radius 3 is 2.61 bits per heavy atom. The van der Waals surface area contributed by atoms with Crippen molar-refractivity contribution in [3.8, 4) is 11.4 Å². The van der Waals surface area contributed by atoms with Crippen molar-refractivity contribution in [1.82, 2.24) is 25.4 Å². The molecule has 0 radical (unpaired) electrons. The molecule has 146 valence electrons. The third-order valence-electron chi connectivity index (χ3n) is 3.80. The number of carbonyl (C=O) groups is 2. The van der Waals surface area contributed by atoms with Gasteiger partial charge in [0, 0.05) is 12.1 Å². The van der Waals surface area contributed by atoms with Crippen LogP contribution in [0.1, 0.15) is 12.7 Å². The van der Waals surface area contributed by atoms with E-state index in [0.29, 0.717) is 24.1 Å². The largest absolute Gasteiger partial charge is 0.467 e. The zero-order valence-corrected chi connectivity index (χ0v) is 16.2. The van der Waals surface area contributed by atoms with Gasteiger partial charge in [-0.15, -0.1) is 10.2 Å². The van der Waals surface area contributed by atoms with Crippen LogP contribution < -0.4 is 10.6 Å². The standard InChI is InChI=1S/C19H21N5O3S/c1-2-20-16(25)11-21-17(26)13-28-19-23-22-18(14-7-4-3-5-8-14)24(19)12-15-9-6-10-27-15/h3-10H,2,11-13H2,1H3,(H,20,25)(H,21,26). The third-order valence-corrected chi connectivity index (χ3v) is 4.76. The van der Waals surface area contributed by atoms with Crippen molar-refractivity contribution in [2.24, 2.45) is 0 Å². The first-order chi connectivity index (χ1) is 13.7. The molecule has 2 heterocycles. The molecular formula is C19H21N5O3S. The second kappa shape index (κ2) is 9.75. The fourth-order valence-electron chi connectivity index (χ4n) is 2.52. The number of furan rings is 1. The highest BCUT2D eigenvalue weighted by atomic mass is 32.2. The Kier molecular flexibility index (Phi) is 6.85. The van der Waals surface area contributed by atoms with Gasteiger partial charge in [-0.3, -0.25) is 14.2 Å². The van der Waals surface area contributed by atoms with Crippen LogP contribution in [0.15, 0.2) is 58.3 Å². The van der Waals surface area contributed by atoms with Gasteiger partial charge in [0.25, 0.3) is 0 Å².